The molecule has 4 heteroatoms. The second-order valence-corrected chi connectivity index (χ2v) is 7.42. The lowest BCUT2D eigenvalue weighted by molar-refractivity contribution is 0.604. The Labute approximate surface area is 131 Å². The molecule has 0 saturated heterocycles. The normalized spacial score (nSPS) is 12.0. The molecule has 2 aromatic rings. The van der Waals surface area contributed by atoms with E-state index in [1.165, 1.54) is 5.41 Å². The van der Waals surface area contributed by atoms with Crippen LogP contribution in [0.4, 0.5) is 0 Å². The quantitative estimate of drug-likeness (QED) is 0.828. The number of rotatable bonds is 4. The van der Waals surface area contributed by atoms with Crippen LogP contribution in [0, 0.1) is 13.8 Å². The number of hydrogen-bond acceptors (Lipinski definition) is 2. The van der Waals surface area contributed by atoms with Crippen LogP contribution in [-0.4, -0.2) is 8.42 Å². The minimum Gasteiger partial charge on any atom is -0.224 e. The van der Waals surface area contributed by atoms with Crippen molar-refractivity contribution in [3.63, 3.8) is 0 Å². The van der Waals surface area contributed by atoms with E-state index in [0.717, 1.165) is 22.3 Å². The fraction of sp³-hybridized carbons (Fsp3) is 0.176. The minimum absolute atomic E-state index is 0.0222. The van der Waals surface area contributed by atoms with E-state index in [2.05, 4.69) is 0 Å². The third-order valence-electron chi connectivity index (χ3n) is 3.16. The zero-order valence-corrected chi connectivity index (χ0v) is 13.6. The Balaban J connectivity index is 2.16. The predicted octanol–water partition coefficient (Wildman–Crippen LogP) is 4.54. The monoisotopic (exact) mass is 320 g/mol. The summed E-state index contributed by atoms with van der Waals surface area (Å²) < 4.78 is 24.2. The van der Waals surface area contributed by atoms with Crippen molar-refractivity contribution in [2.45, 2.75) is 19.6 Å². The van der Waals surface area contributed by atoms with Crippen LogP contribution >= 0.6 is 11.6 Å². The molecule has 0 aliphatic heterocycles. The van der Waals surface area contributed by atoms with Gasteiger partial charge in [0.1, 0.15) is 0 Å². The molecule has 0 bridgehead atoms. The van der Waals surface area contributed by atoms with Gasteiger partial charge in [-0.15, -0.1) is 0 Å². The molecule has 0 amide bonds. The first-order valence-corrected chi connectivity index (χ1v) is 8.68. The standard InChI is InChI=1S/C17H17ClO2S/c1-13-3-6-16(14(2)11-13)9-10-21(19,20)12-15-4-7-17(18)8-5-15/h3-11H,12H2,1-2H3. The van der Waals surface area contributed by atoms with Gasteiger partial charge in [-0.3, -0.25) is 0 Å². The van der Waals surface area contributed by atoms with Crippen LogP contribution < -0.4 is 0 Å². The molecule has 0 unspecified atom stereocenters. The van der Waals surface area contributed by atoms with Crippen molar-refractivity contribution in [2.24, 2.45) is 0 Å². The van der Waals surface area contributed by atoms with Crippen molar-refractivity contribution in [1.82, 2.24) is 0 Å². The summed E-state index contributed by atoms with van der Waals surface area (Å²) in [4.78, 5) is 0. The summed E-state index contributed by atoms with van der Waals surface area (Å²) in [6.45, 7) is 3.98. The molecule has 0 aromatic heterocycles. The van der Waals surface area contributed by atoms with Crippen LogP contribution in [0.5, 0.6) is 0 Å². The molecule has 21 heavy (non-hydrogen) atoms. The first-order chi connectivity index (χ1) is 9.85. The van der Waals surface area contributed by atoms with E-state index in [1.54, 1.807) is 30.3 Å². The van der Waals surface area contributed by atoms with Crippen LogP contribution in [0.15, 0.2) is 47.9 Å². The number of sulfone groups is 1. The predicted molar refractivity (Wildman–Crippen MR) is 89.0 cm³/mol. The summed E-state index contributed by atoms with van der Waals surface area (Å²) in [5.74, 6) is -0.0222. The number of aryl methyl sites for hydroxylation is 2. The lowest BCUT2D eigenvalue weighted by Crippen LogP contribution is -1.99. The molecular weight excluding hydrogens is 304 g/mol. The van der Waals surface area contributed by atoms with Crippen LogP contribution in [0.1, 0.15) is 22.3 Å². The van der Waals surface area contributed by atoms with Gasteiger partial charge in [-0.25, -0.2) is 8.42 Å². The third kappa shape index (κ3) is 4.73. The van der Waals surface area contributed by atoms with Gasteiger partial charge in [-0.05, 0) is 48.7 Å². The van der Waals surface area contributed by atoms with Gasteiger partial charge in [-0.1, -0.05) is 47.5 Å². The van der Waals surface area contributed by atoms with Gasteiger partial charge in [0.15, 0.2) is 9.84 Å². The topological polar surface area (TPSA) is 34.1 Å². The number of hydrogen-bond donors (Lipinski definition) is 0. The Kier molecular flexibility index (Phi) is 4.86. The maximum absolute atomic E-state index is 12.1. The number of halogens is 1. The molecule has 0 saturated carbocycles. The molecule has 110 valence electrons. The van der Waals surface area contributed by atoms with Crippen LogP contribution in [0.25, 0.3) is 6.08 Å². The molecule has 0 atom stereocenters. The van der Waals surface area contributed by atoms with Crippen molar-refractivity contribution in [3.8, 4) is 0 Å². The van der Waals surface area contributed by atoms with Crippen molar-refractivity contribution in [2.75, 3.05) is 0 Å². The first-order valence-electron chi connectivity index (χ1n) is 6.58. The fourth-order valence-corrected chi connectivity index (χ4v) is 3.28. The summed E-state index contributed by atoms with van der Waals surface area (Å²) >= 11 is 5.79. The third-order valence-corrected chi connectivity index (χ3v) is 4.70. The van der Waals surface area contributed by atoms with Crippen molar-refractivity contribution >= 4 is 27.5 Å². The molecule has 0 fully saturated rings. The number of benzene rings is 2. The van der Waals surface area contributed by atoms with Gasteiger partial charge < -0.3 is 0 Å². The van der Waals surface area contributed by atoms with Gasteiger partial charge in [0.05, 0.1) is 5.75 Å². The molecule has 2 rings (SSSR count). The molecule has 0 radical (unpaired) electrons. The summed E-state index contributed by atoms with van der Waals surface area (Å²) in [6.07, 6.45) is 1.65. The molecule has 0 spiro atoms. The van der Waals surface area contributed by atoms with Gasteiger partial charge >= 0.3 is 0 Å². The molecule has 0 N–H and O–H groups in total. The second-order valence-electron chi connectivity index (χ2n) is 5.10. The highest BCUT2D eigenvalue weighted by Gasteiger charge is 2.08. The Hall–Kier alpha value is -1.58. The molecule has 2 aromatic carbocycles. The Morgan fingerprint density at radius 2 is 1.71 bits per heavy atom. The summed E-state index contributed by atoms with van der Waals surface area (Å²) in [5.41, 5.74) is 3.87. The molecule has 0 heterocycles. The average molecular weight is 321 g/mol. The van der Waals surface area contributed by atoms with E-state index in [-0.39, 0.29) is 5.75 Å². The van der Waals surface area contributed by atoms with E-state index in [4.69, 9.17) is 11.6 Å². The van der Waals surface area contributed by atoms with E-state index < -0.39 is 9.84 Å². The highest BCUT2D eigenvalue weighted by atomic mass is 35.5. The van der Waals surface area contributed by atoms with E-state index in [0.29, 0.717) is 5.02 Å². The highest BCUT2D eigenvalue weighted by Crippen LogP contribution is 2.16. The molecular formula is C17H17ClO2S. The Bertz CT molecular complexity index is 760. The zero-order valence-electron chi connectivity index (χ0n) is 12.0. The maximum atomic E-state index is 12.1. The average Bonchev–Trinajstić information content (AvgIpc) is 2.40. The summed E-state index contributed by atoms with van der Waals surface area (Å²) in [6, 6.07) is 12.8. The van der Waals surface area contributed by atoms with Crippen LogP contribution in [0.3, 0.4) is 0 Å². The smallest absolute Gasteiger partial charge is 0.175 e. The van der Waals surface area contributed by atoms with Gasteiger partial charge in [0.25, 0.3) is 0 Å². The zero-order chi connectivity index (χ0) is 15.5. The van der Waals surface area contributed by atoms with Crippen molar-refractivity contribution in [1.29, 1.82) is 0 Å². The van der Waals surface area contributed by atoms with Gasteiger partial charge in [0.2, 0.25) is 0 Å². The van der Waals surface area contributed by atoms with Gasteiger partial charge in [0, 0.05) is 10.4 Å². The van der Waals surface area contributed by atoms with E-state index in [9.17, 15) is 8.42 Å². The first kappa shape index (κ1) is 15.8. The minimum atomic E-state index is -3.30. The van der Waals surface area contributed by atoms with E-state index in [1.807, 2.05) is 32.0 Å². The van der Waals surface area contributed by atoms with Crippen molar-refractivity contribution in [3.05, 3.63) is 75.1 Å². The Morgan fingerprint density at radius 1 is 1.05 bits per heavy atom. The molecule has 0 aliphatic carbocycles. The fourth-order valence-electron chi connectivity index (χ4n) is 2.05. The van der Waals surface area contributed by atoms with Crippen LogP contribution in [-0.2, 0) is 15.6 Å². The van der Waals surface area contributed by atoms with Crippen LogP contribution in [0.2, 0.25) is 5.02 Å². The summed E-state index contributed by atoms with van der Waals surface area (Å²) in [7, 11) is -3.30. The lowest BCUT2D eigenvalue weighted by atomic mass is 10.1. The Morgan fingerprint density at radius 3 is 2.33 bits per heavy atom. The maximum Gasteiger partial charge on any atom is 0.175 e. The van der Waals surface area contributed by atoms with E-state index >= 15 is 0 Å². The lowest BCUT2D eigenvalue weighted by Gasteiger charge is -2.03. The highest BCUT2D eigenvalue weighted by molar-refractivity contribution is 7.93. The SMILES string of the molecule is Cc1ccc(C=CS(=O)(=O)Cc2ccc(Cl)cc2)c(C)c1. The largest absolute Gasteiger partial charge is 0.224 e. The van der Waals surface area contributed by atoms with Gasteiger partial charge in [-0.2, -0.15) is 0 Å². The second kappa shape index (κ2) is 6.46. The van der Waals surface area contributed by atoms with Crippen molar-refractivity contribution < 1.29 is 8.42 Å². The molecule has 2 nitrogen and oxygen atoms in total. The molecule has 0 aliphatic rings. The summed E-state index contributed by atoms with van der Waals surface area (Å²) in [5, 5.41) is 1.88.